The molecule has 1 aromatic heterocycles. The van der Waals surface area contributed by atoms with Crippen LogP contribution in [0.4, 0.5) is 11.5 Å². The monoisotopic (exact) mass is 377 g/mol. The first-order chi connectivity index (χ1) is 13.0. The van der Waals surface area contributed by atoms with Crippen LogP contribution in [0.25, 0.3) is 0 Å². The number of halogens is 1. The number of aryl methyl sites for hydroxylation is 1. The average molecular weight is 378 g/mol. The Morgan fingerprint density at radius 1 is 1.15 bits per heavy atom. The second-order valence-corrected chi connectivity index (χ2v) is 6.18. The number of carbonyl (C=O) groups is 1. The number of aromatic nitrogens is 2. The molecule has 0 radical (unpaired) electrons. The molecule has 27 heavy (non-hydrogen) atoms. The summed E-state index contributed by atoms with van der Waals surface area (Å²) >= 11 is 6.11. The van der Waals surface area contributed by atoms with Gasteiger partial charge in [-0.3, -0.25) is 4.79 Å². The van der Waals surface area contributed by atoms with Gasteiger partial charge in [-0.25, -0.2) is 9.97 Å². The van der Waals surface area contributed by atoms with E-state index in [1.165, 1.54) is 0 Å². The van der Waals surface area contributed by atoms with E-state index in [1.54, 1.807) is 43.3 Å². The number of benzene rings is 2. The van der Waals surface area contributed by atoms with Crippen LogP contribution in [0.3, 0.4) is 0 Å². The van der Waals surface area contributed by atoms with E-state index in [4.69, 9.17) is 16.9 Å². The molecule has 3 rings (SSSR count). The molecule has 0 saturated heterocycles. The lowest BCUT2D eigenvalue weighted by Crippen LogP contribution is -2.24. The van der Waals surface area contributed by atoms with Crippen molar-refractivity contribution in [1.82, 2.24) is 15.3 Å². The Morgan fingerprint density at radius 3 is 2.59 bits per heavy atom. The SMILES string of the molecule is Cc1nc(Nc2ccc(C#N)cc2)cc(C(=O)NCc2ccccc2Cl)n1. The molecule has 1 heterocycles. The van der Waals surface area contributed by atoms with E-state index in [0.717, 1.165) is 11.3 Å². The van der Waals surface area contributed by atoms with Crippen molar-refractivity contribution in [2.24, 2.45) is 0 Å². The van der Waals surface area contributed by atoms with Gasteiger partial charge in [-0.2, -0.15) is 5.26 Å². The van der Waals surface area contributed by atoms with Gasteiger partial charge in [-0.1, -0.05) is 29.8 Å². The fourth-order valence-electron chi connectivity index (χ4n) is 2.43. The molecule has 0 aliphatic heterocycles. The highest BCUT2D eigenvalue weighted by Gasteiger charge is 2.11. The third-order valence-electron chi connectivity index (χ3n) is 3.75. The Bertz CT molecular complexity index is 1010. The van der Waals surface area contributed by atoms with Crippen molar-refractivity contribution in [3.63, 3.8) is 0 Å². The molecule has 0 atom stereocenters. The van der Waals surface area contributed by atoms with Gasteiger partial charge >= 0.3 is 0 Å². The fourth-order valence-corrected chi connectivity index (χ4v) is 2.63. The number of hydrogen-bond acceptors (Lipinski definition) is 5. The summed E-state index contributed by atoms with van der Waals surface area (Å²) < 4.78 is 0. The van der Waals surface area contributed by atoms with Crippen LogP contribution in [-0.4, -0.2) is 15.9 Å². The van der Waals surface area contributed by atoms with Crippen molar-refractivity contribution in [3.8, 4) is 6.07 Å². The molecule has 2 N–H and O–H groups in total. The van der Waals surface area contributed by atoms with Crippen molar-refractivity contribution >= 4 is 29.0 Å². The maximum absolute atomic E-state index is 12.5. The van der Waals surface area contributed by atoms with Gasteiger partial charge in [0.05, 0.1) is 11.6 Å². The average Bonchev–Trinajstić information content (AvgIpc) is 2.67. The summed E-state index contributed by atoms with van der Waals surface area (Å²) in [6.45, 7) is 2.02. The Hall–Kier alpha value is -3.43. The molecule has 6 nitrogen and oxygen atoms in total. The molecular formula is C20H16ClN5O. The molecule has 0 saturated carbocycles. The van der Waals surface area contributed by atoms with Gasteiger partial charge in [0, 0.05) is 23.3 Å². The zero-order valence-electron chi connectivity index (χ0n) is 14.5. The summed E-state index contributed by atoms with van der Waals surface area (Å²) in [6.07, 6.45) is 0. The van der Waals surface area contributed by atoms with E-state index < -0.39 is 0 Å². The van der Waals surface area contributed by atoms with Crippen LogP contribution in [0.2, 0.25) is 5.02 Å². The summed E-state index contributed by atoms with van der Waals surface area (Å²) in [5.74, 6) is 0.648. The highest BCUT2D eigenvalue weighted by atomic mass is 35.5. The zero-order chi connectivity index (χ0) is 19.2. The Labute approximate surface area is 161 Å². The van der Waals surface area contributed by atoms with Crippen LogP contribution in [0.5, 0.6) is 0 Å². The molecule has 0 spiro atoms. The first kappa shape index (κ1) is 18.4. The van der Waals surface area contributed by atoms with Crippen molar-refractivity contribution in [2.45, 2.75) is 13.5 Å². The summed E-state index contributed by atoms with van der Waals surface area (Å²) in [7, 11) is 0. The first-order valence-electron chi connectivity index (χ1n) is 8.19. The molecular weight excluding hydrogens is 362 g/mol. The van der Waals surface area contributed by atoms with E-state index in [9.17, 15) is 4.79 Å². The minimum atomic E-state index is -0.316. The van der Waals surface area contributed by atoms with Gasteiger partial charge in [0.2, 0.25) is 0 Å². The minimum Gasteiger partial charge on any atom is -0.347 e. The van der Waals surface area contributed by atoms with E-state index in [1.807, 2.05) is 18.2 Å². The smallest absolute Gasteiger partial charge is 0.270 e. The normalized spacial score (nSPS) is 10.1. The third-order valence-corrected chi connectivity index (χ3v) is 4.12. The van der Waals surface area contributed by atoms with Crippen molar-refractivity contribution < 1.29 is 4.79 Å². The first-order valence-corrected chi connectivity index (χ1v) is 8.57. The molecule has 3 aromatic rings. The van der Waals surface area contributed by atoms with Gasteiger partial charge in [-0.15, -0.1) is 0 Å². The predicted octanol–water partition coefficient (Wildman–Crippen LogP) is 3.98. The van der Waals surface area contributed by atoms with E-state index in [0.29, 0.717) is 28.8 Å². The van der Waals surface area contributed by atoms with Gasteiger partial charge in [0.15, 0.2) is 0 Å². The maximum Gasteiger partial charge on any atom is 0.270 e. The molecule has 134 valence electrons. The minimum absolute atomic E-state index is 0.255. The molecule has 0 fully saturated rings. The van der Waals surface area contributed by atoms with Crippen LogP contribution in [-0.2, 0) is 6.54 Å². The van der Waals surface area contributed by atoms with Crippen LogP contribution < -0.4 is 10.6 Å². The number of nitriles is 1. The second-order valence-electron chi connectivity index (χ2n) is 5.77. The van der Waals surface area contributed by atoms with Crippen molar-refractivity contribution in [2.75, 3.05) is 5.32 Å². The topological polar surface area (TPSA) is 90.7 Å². The lowest BCUT2D eigenvalue weighted by Gasteiger charge is -2.10. The Morgan fingerprint density at radius 2 is 1.89 bits per heavy atom. The fraction of sp³-hybridized carbons (Fsp3) is 0.100. The quantitative estimate of drug-likeness (QED) is 0.701. The molecule has 2 aromatic carbocycles. The van der Waals surface area contributed by atoms with Crippen LogP contribution in [0, 0.1) is 18.3 Å². The predicted molar refractivity (Wildman–Crippen MR) is 104 cm³/mol. The highest BCUT2D eigenvalue weighted by Crippen LogP contribution is 2.17. The standard InChI is InChI=1S/C20H16ClN5O/c1-13-24-18(20(27)23-12-15-4-2-3-5-17(15)21)10-19(25-13)26-16-8-6-14(11-22)7-9-16/h2-10H,12H2,1H3,(H,23,27)(H,24,25,26). The largest absolute Gasteiger partial charge is 0.347 e. The molecule has 1 amide bonds. The molecule has 0 bridgehead atoms. The third kappa shape index (κ3) is 4.81. The summed E-state index contributed by atoms with van der Waals surface area (Å²) in [5.41, 5.74) is 2.41. The van der Waals surface area contributed by atoms with Crippen molar-refractivity contribution in [1.29, 1.82) is 5.26 Å². The summed E-state index contributed by atoms with van der Waals surface area (Å²) in [5, 5.41) is 15.4. The zero-order valence-corrected chi connectivity index (χ0v) is 15.3. The molecule has 0 aliphatic carbocycles. The molecule has 7 heteroatoms. The van der Waals surface area contributed by atoms with Gasteiger partial charge in [0.1, 0.15) is 17.3 Å². The number of anilines is 2. The number of rotatable bonds is 5. The van der Waals surface area contributed by atoms with Crippen molar-refractivity contribution in [3.05, 3.63) is 82.3 Å². The van der Waals surface area contributed by atoms with Gasteiger partial charge < -0.3 is 10.6 Å². The lowest BCUT2D eigenvalue weighted by atomic mass is 10.2. The van der Waals surface area contributed by atoms with E-state index in [2.05, 4.69) is 26.7 Å². The number of nitrogens with one attached hydrogen (secondary N) is 2. The molecule has 0 aliphatic rings. The van der Waals surface area contributed by atoms with E-state index in [-0.39, 0.29) is 11.6 Å². The van der Waals surface area contributed by atoms with Gasteiger partial charge in [0.25, 0.3) is 5.91 Å². The maximum atomic E-state index is 12.5. The number of amides is 1. The highest BCUT2D eigenvalue weighted by molar-refractivity contribution is 6.31. The lowest BCUT2D eigenvalue weighted by molar-refractivity contribution is 0.0945. The van der Waals surface area contributed by atoms with Crippen LogP contribution in [0.15, 0.2) is 54.6 Å². The van der Waals surface area contributed by atoms with Gasteiger partial charge in [-0.05, 0) is 42.8 Å². The second kappa shape index (κ2) is 8.30. The van der Waals surface area contributed by atoms with E-state index >= 15 is 0 Å². The number of nitrogens with zero attached hydrogens (tertiary/aromatic N) is 3. The van der Waals surface area contributed by atoms with Crippen LogP contribution >= 0.6 is 11.6 Å². The number of carbonyl (C=O) groups excluding carboxylic acids is 1. The Balaban J connectivity index is 1.73. The molecule has 0 unspecified atom stereocenters. The summed E-state index contributed by atoms with van der Waals surface area (Å²) in [6, 6.07) is 17.9. The Kier molecular flexibility index (Phi) is 5.64. The van der Waals surface area contributed by atoms with Crippen LogP contribution in [0.1, 0.15) is 27.4 Å². The number of hydrogen-bond donors (Lipinski definition) is 2. The summed E-state index contributed by atoms with van der Waals surface area (Å²) in [4.78, 5) is 21.0.